The predicted molar refractivity (Wildman–Crippen MR) is 114 cm³/mol. The van der Waals surface area contributed by atoms with Crippen molar-refractivity contribution in [1.29, 1.82) is 0 Å². The average molecular weight is 455 g/mol. The number of nitrogens with zero attached hydrogens (tertiary/aromatic N) is 4. The maximum atomic E-state index is 12.7. The van der Waals surface area contributed by atoms with E-state index in [9.17, 15) is 18.0 Å². The number of aromatic nitrogens is 4. The van der Waals surface area contributed by atoms with Gasteiger partial charge in [0.05, 0.1) is 17.4 Å². The first-order valence-electron chi connectivity index (χ1n) is 9.10. The van der Waals surface area contributed by atoms with Gasteiger partial charge in [0, 0.05) is 31.2 Å². The fraction of sp³-hybridized carbons (Fsp3) is 0.0526. The minimum Gasteiger partial charge on any atom is -0.379 e. The first-order valence-corrected chi connectivity index (χ1v) is 10.5. The molecule has 4 rings (SSSR count). The van der Waals surface area contributed by atoms with Gasteiger partial charge in [0.1, 0.15) is 10.6 Å². The van der Waals surface area contributed by atoms with Crippen molar-refractivity contribution in [3.8, 4) is 11.4 Å². The number of amides is 4. The highest BCUT2D eigenvalue weighted by molar-refractivity contribution is 7.87. The zero-order valence-corrected chi connectivity index (χ0v) is 17.4. The average Bonchev–Trinajstić information content (AvgIpc) is 3.42. The largest absolute Gasteiger partial charge is 0.379 e. The summed E-state index contributed by atoms with van der Waals surface area (Å²) in [6.07, 6.45) is 4.96. The molecule has 32 heavy (non-hydrogen) atoms. The van der Waals surface area contributed by atoms with Crippen molar-refractivity contribution >= 4 is 39.2 Å². The van der Waals surface area contributed by atoms with Crippen molar-refractivity contribution in [2.45, 2.75) is 4.90 Å². The molecule has 0 spiro atoms. The standard InChI is InChI=1S/C19H17N7O5S/c1-25(19(28)24-17(20)27)18-22-15-7-4-13(10-16(15)23-18)31-32(29,30)14-5-2-12(3-6-14)26-9-8-21-11-26/h2-11H,1H3,(H,22,23)(H3,20,24,27,28). The molecule has 0 bridgehead atoms. The molecule has 0 atom stereocenters. The summed E-state index contributed by atoms with van der Waals surface area (Å²) in [5.74, 6) is 0.171. The van der Waals surface area contributed by atoms with Crippen LogP contribution < -0.4 is 20.1 Å². The molecule has 2 aromatic carbocycles. The van der Waals surface area contributed by atoms with Gasteiger partial charge in [-0.2, -0.15) is 8.42 Å². The van der Waals surface area contributed by atoms with Gasteiger partial charge >= 0.3 is 22.2 Å². The van der Waals surface area contributed by atoms with E-state index in [1.54, 1.807) is 35.4 Å². The molecule has 2 aromatic heterocycles. The number of imide groups is 1. The molecule has 164 valence electrons. The minimum atomic E-state index is -4.09. The topological polar surface area (TPSA) is 165 Å². The molecule has 4 amide bonds. The van der Waals surface area contributed by atoms with Crippen LogP contribution in [0.5, 0.6) is 5.75 Å². The molecule has 0 unspecified atom stereocenters. The van der Waals surface area contributed by atoms with Gasteiger partial charge in [-0.05, 0) is 36.4 Å². The zero-order chi connectivity index (χ0) is 22.9. The third-order valence-electron chi connectivity index (χ3n) is 4.43. The number of fused-ring (bicyclic) bond motifs is 1. The first kappa shape index (κ1) is 20.9. The van der Waals surface area contributed by atoms with E-state index in [4.69, 9.17) is 9.92 Å². The lowest BCUT2D eigenvalue weighted by atomic mass is 10.3. The Balaban J connectivity index is 1.54. The van der Waals surface area contributed by atoms with E-state index in [2.05, 4.69) is 15.0 Å². The normalized spacial score (nSPS) is 11.3. The smallest absolute Gasteiger partial charge is 0.339 e. The van der Waals surface area contributed by atoms with E-state index in [1.807, 2.05) is 5.32 Å². The van der Waals surface area contributed by atoms with E-state index < -0.39 is 22.2 Å². The van der Waals surface area contributed by atoms with E-state index in [0.29, 0.717) is 11.0 Å². The van der Waals surface area contributed by atoms with E-state index in [1.165, 1.54) is 37.4 Å². The Labute approximate surface area is 181 Å². The number of H-pyrrole nitrogens is 1. The quantitative estimate of drug-likeness (QED) is 0.385. The van der Waals surface area contributed by atoms with Gasteiger partial charge in [-0.1, -0.05) is 0 Å². The number of rotatable bonds is 5. The van der Waals surface area contributed by atoms with Gasteiger partial charge in [-0.25, -0.2) is 19.6 Å². The number of aromatic amines is 1. The summed E-state index contributed by atoms with van der Waals surface area (Å²) < 4.78 is 32.3. The lowest BCUT2D eigenvalue weighted by Crippen LogP contribution is -2.43. The molecule has 0 aliphatic rings. The van der Waals surface area contributed by atoms with E-state index >= 15 is 0 Å². The summed E-state index contributed by atoms with van der Waals surface area (Å²) in [4.78, 5) is 34.8. The van der Waals surface area contributed by atoms with Crippen LogP contribution in [0.4, 0.5) is 15.5 Å². The highest BCUT2D eigenvalue weighted by Crippen LogP contribution is 2.25. The van der Waals surface area contributed by atoms with Crippen molar-refractivity contribution in [3.05, 3.63) is 61.2 Å². The summed E-state index contributed by atoms with van der Waals surface area (Å²) >= 11 is 0. The fourth-order valence-corrected chi connectivity index (χ4v) is 3.77. The highest BCUT2D eigenvalue weighted by Gasteiger charge is 2.19. The van der Waals surface area contributed by atoms with Crippen LogP contribution in [-0.2, 0) is 10.1 Å². The number of carbonyl (C=O) groups is 2. The van der Waals surface area contributed by atoms with Crippen LogP contribution in [-0.4, -0.2) is 47.0 Å². The number of hydrogen-bond acceptors (Lipinski definition) is 7. The molecule has 0 radical (unpaired) electrons. The van der Waals surface area contributed by atoms with Crippen LogP contribution >= 0.6 is 0 Å². The Morgan fingerprint density at radius 3 is 2.59 bits per heavy atom. The zero-order valence-electron chi connectivity index (χ0n) is 16.6. The molecule has 4 aromatic rings. The lowest BCUT2D eigenvalue weighted by molar-refractivity contribution is 0.235. The number of benzene rings is 2. The number of carbonyl (C=O) groups excluding carboxylic acids is 2. The molecule has 0 saturated heterocycles. The van der Waals surface area contributed by atoms with Gasteiger partial charge < -0.3 is 19.5 Å². The van der Waals surface area contributed by atoms with Crippen molar-refractivity contribution in [3.63, 3.8) is 0 Å². The van der Waals surface area contributed by atoms with Crippen LogP contribution in [0, 0.1) is 0 Å². The maximum absolute atomic E-state index is 12.7. The Morgan fingerprint density at radius 2 is 1.94 bits per heavy atom. The van der Waals surface area contributed by atoms with Crippen molar-refractivity contribution in [2.24, 2.45) is 5.73 Å². The Morgan fingerprint density at radius 1 is 1.19 bits per heavy atom. The second kappa shape index (κ2) is 8.03. The Hall–Kier alpha value is -4.39. The number of hydrogen-bond donors (Lipinski definition) is 3. The number of urea groups is 2. The summed E-state index contributed by atoms with van der Waals surface area (Å²) in [6.45, 7) is 0. The number of nitrogens with two attached hydrogens (primary N) is 1. The molecule has 0 aliphatic heterocycles. The number of nitrogens with one attached hydrogen (secondary N) is 2. The monoisotopic (exact) mass is 455 g/mol. The summed E-state index contributed by atoms with van der Waals surface area (Å²) in [7, 11) is -2.71. The van der Waals surface area contributed by atoms with Crippen LogP contribution in [0.2, 0.25) is 0 Å². The molecule has 0 fully saturated rings. The molecular weight excluding hydrogens is 438 g/mol. The summed E-state index contributed by atoms with van der Waals surface area (Å²) in [5.41, 5.74) is 6.56. The molecule has 12 nitrogen and oxygen atoms in total. The first-order chi connectivity index (χ1) is 15.2. The number of anilines is 1. The van der Waals surface area contributed by atoms with Crippen molar-refractivity contribution < 1.29 is 22.2 Å². The highest BCUT2D eigenvalue weighted by atomic mass is 32.2. The van der Waals surface area contributed by atoms with Crippen LogP contribution in [0.1, 0.15) is 0 Å². The summed E-state index contributed by atoms with van der Waals surface area (Å²) in [5, 5.41) is 1.92. The van der Waals surface area contributed by atoms with E-state index in [-0.39, 0.29) is 16.6 Å². The summed E-state index contributed by atoms with van der Waals surface area (Å²) in [6, 6.07) is 8.75. The third kappa shape index (κ3) is 4.22. The van der Waals surface area contributed by atoms with Gasteiger partial charge in [0.25, 0.3) is 0 Å². The Kier molecular flexibility index (Phi) is 5.24. The second-order valence-corrected chi connectivity index (χ2v) is 8.14. The molecule has 0 saturated carbocycles. The van der Waals surface area contributed by atoms with Gasteiger partial charge in [-0.3, -0.25) is 10.2 Å². The van der Waals surface area contributed by atoms with Gasteiger partial charge in [0.15, 0.2) is 0 Å². The van der Waals surface area contributed by atoms with Crippen molar-refractivity contribution in [2.75, 3.05) is 11.9 Å². The molecule has 0 aliphatic carbocycles. The van der Waals surface area contributed by atoms with Crippen LogP contribution in [0.15, 0.2) is 66.1 Å². The Bertz CT molecular complexity index is 1400. The molecule has 4 N–H and O–H groups in total. The van der Waals surface area contributed by atoms with E-state index in [0.717, 1.165) is 10.6 Å². The number of imidazole rings is 2. The SMILES string of the molecule is CN(C(=O)NC(N)=O)c1nc2ccc(OS(=O)(=O)c3ccc(-n4ccnc4)cc3)cc2[nH]1. The molecule has 2 heterocycles. The second-order valence-electron chi connectivity index (χ2n) is 6.59. The van der Waals surface area contributed by atoms with Gasteiger partial charge in [0.2, 0.25) is 5.95 Å². The number of primary amides is 1. The van der Waals surface area contributed by atoms with Crippen LogP contribution in [0.25, 0.3) is 16.7 Å². The molecule has 13 heteroatoms. The molecular formula is C19H17N7O5S. The third-order valence-corrected chi connectivity index (χ3v) is 5.69. The minimum absolute atomic E-state index is 0.0189. The maximum Gasteiger partial charge on any atom is 0.339 e. The fourth-order valence-electron chi connectivity index (χ4n) is 2.84. The van der Waals surface area contributed by atoms with Crippen molar-refractivity contribution in [1.82, 2.24) is 24.8 Å². The van der Waals surface area contributed by atoms with Gasteiger partial charge in [-0.15, -0.1) is 0 Å². The predicted octanol–water partition coefficient (Wildman–Crippen LogP) is 1.74. The van der Waals surface area contributed by atoms with Crippen LogP contribution in [0.3, 0.4) is 0 Å². The lowest BCUT2D eigenvalue weighted by Gasteiger charge is -2.12.